The average molecular weight is 280 g/mol. The lowest BCUT2D eigenvalue weighted by Gasteiger charge is -2.24. The van der Waals surface area contributed by atoms with E-state index < -0.39 is 0 Å². The van der Waals surface area contributed by atoms with Crippen molar-refractivity contribution < 1.29 is 9.47 Å². The summed E-state index contributed by atoms with van der Waals surface area (Å²) >= 11 is 0. The van der Waals surface area contributed by atoms with E-state index >= 15 is 0 Å². The SMILES string of the molecule is CCCNc1cc(NC2CCCOC2)nc(COC)n1. The van der Waals surface area contributed by atoms with Crippen molar-refractivity contribution >= 4 is 11.6 Å². The minimum Gasteiger partial charge on any atom is -0.379 e. The van der Waals surface area contributed by atoms with Crippen LogP contribution < -0.4 is 10.6 Å². The van der Waals surface area contributed by atoms with Gasteiger partial charge in [0.05, 0.1) is 12.6 Å². The fraction of sp³-hybridized carbons (Fsp3) is 0.714. The molecule has 0 aliphatic carbocycles. The van der Waals surface area contributed by atoms with Crippen molar-refractivity contribution in [2.75, 3.05) is 37.5 Å². The Kier molecular flexibility index (Phi) is 6.01. The topological polar surface area (TPSA) is 68.3 Å². The third-order valence-electron chi connectivity index (χ3n) is 3.11. The highest BCUT2D eigenvalue weighted by Gasteiger charge is 2.15. The van der Waals surface area contributed by atoms with E-state index in [1.54, 1.807) is 7.11 Å². The molecule has 0 saturated carbocycles. The number of anilines is 2. The summed E-state index contributed by atoms with van der Waals surface area (Å²) in [5.74, 6) is 2.36. The van der Waals surface area contributed by atoms with Gasteiger partial charge >= 0.3 is 0 Å². The van der Waals surface area contributed by atoms with Crippen LogP contribution in [0.1, 0.15) is 32.0 Å². The fourth-order valence-electron chi connectivity index (χ4n) is 2.17. The van der Waals surface area contributed by atoms with Gasteiger partial charge in [-0.1, -0.05) is 6.92 Å². The van der Waals surface area contributed by atoms with Crippen molar-refractivity contribution in [3.63, 3.8) is 0 Å². The monoisotopic (exact) mass is 280 g/mol. The van der Waals surface area contributed by atoms with Crippen molar-refractivity contribution in [3.05, 3.63) is 11.9 Å². The van der Waals surface area contributed by atoms with Crippen LogP contribution >= 0.6 is 0 Å². The Morgan fingerprint density at radius 3 is 2.95 bits per heavy atom. The summed E-state index contributed by atoms with van der Waals surface area (Å²) in [6.45, 7) is 5.04. The Balaban J connectivity index is 2.06. The van der Waals surface area contributed by atoms with Gasteiger partial charge in [-0.05, 0) is 19.3 Å². The second kappa shape index (κ2) is 8.01. The van der Waals surface area contributed by atoms with Gasteiger partial charge in [-0.2, -0.15) is 0 Å². The van der Waals surface area contributed by atoms with Crippen molar-refractivity contribution in [1.82, 2.24) is 9.97 Å². The zero-order chi connectivity index (χ0) is 14.2. The quantitative estimate of drug-likeness (QED) is 0.796. The molecule has 1 aromatic rings. The number of rotatable bonds is 7. The fourth-order valence-corrected chi connectivity index (χ4v) is 2.17. The summed E-state index contributed by atoms with van der Waals surface area (Å²) in [6.07, 6.45) is 3.26. The highest BCUT2D eigenvalue weighted by Crippen LogP contribution is 2.16. The number of ether oxygens (including phenoxy) is 2. The first-order chi connectivity index (χ1) is 9.81. The highest BCUT2D eigenvalue weighted by atomic mass is 16.5. The first-order valence-electron chi connectivity index (χ1n) is 7.27. The Bertz CT molecular complexity index is 408. The largest absolute Gasteiger partial charge is 0.379 e. The Morgan fingerprint density at radius 1 is 1.40 bits per heavy atom. The van der Waals surface area contributed by atoms with Gasteiger partial charge in [-0.25, -0.2) is 9.97 Å². The predicted molar refractivity (Wildman–Crippen MR) is 79.0 cm³/mol. The van der Waals surface area contributed by atoms with Gasteiger partial charge in [0, 0.05) is 26.3 Å². The van der Waals surface area contributed by atoms with Crippen LogP contribution in [0.4, 0.5) is 11.6 Å². The Morgan fingerprint density at radius 2 is 2.25 bits per heavy atom. The molecule has 1 unspecified atom stereocenters. The van der Waals surface area contributed by atoms with E-state index in [4.69, 9.17) is 9.47 Å². The van der Waals surface area contributed by atoms with Crippen LogP contribution in [0.15, 0.2) is 6.07 Å². The molecular weight excluding hydrogens is 256 g/mol. The minimum atomic E-state index is 0.327. The smallest absolute Gasteiger partial charge is 0.158 e. The maximum atomic E-state index is 5.48. The van der Waals surface area contributed by atoms with E-state index in [0.717, 1.165) is 50.7 Å². The summed E-state index contributed by atoms with van der Waals surface area (Å²) in [7, 11) is 1.65. The molecule has 1 fully saturated rings. The lowest BCUT2D eigenvalue weighted by molar-refractivity contribution is 0.0875. The molecule has 112 valence electrons. The molecule has 1 atom stereocenters. The third-order valence-corrected chi connectivity index (χ3v) is 3.11. The third kappa shape index (κ3) is 4.61. The van der Waals surface area contributed by atoms with Gasteiger partial charge in [-0.15, -0.1) is 0 Å². The molecule has 0 spiro atoms. The van der Waals surface area contributed by atoms with Crippen molar-refractivity contribution in [1.29, 1.82) is 0 Å². The lowest BCUT2D eigenvalue weighted by Crippen LogP contribution is -2.30. The number of hydrogen-bond acceptors (Lipinski definition) is 6. The second-order valence-corrected chi connectivity index (χ2v) is 4.97. The molecule has 0 radical (unpaired) electrons. The second-order valence-electron chi connectivity index (χ2n) is 4.97. The standard InChI is InChI=1S/C14H24N4O2/c1-3-6-15-12-8-13(18-14(17-12)10-19-2)16-11-5-4-7-20-9-11/h8,11H,3-7,9-10H2,1-2H3,(H2,15,16,17,18). The molecule has 20 heavy (non-hydrogen) atoms. The number of methoxy groups -OCH3 is 1. The summed E-state index contributed by atoms with van der Waals surface area (Å²) in [4.78, 5) is 8.92. The van der Waals surface area contributed by atoms with E-state index in [9.17, 15) is 0 Å². The normalized spacial score (nSPS) is 18.8. The Labute approximate surface area is 120 Å². The van der Waals surface area contributed by atoms with Crippen LogP contribution in [-0.2, 0) is 16.1 Å². The first kappa shape index (κ1) is 15.0. The van der Waals surface area contributed by atoms with Gasteiger partial charge in [-0.3, -0.25) is 0 Å². The molecular formula is C14H24N4O2. The predicted octanol–water partition coefficient (Wildman–Crippen LogP) is 2.04. The van der Waals surface area contributed by atoms with Crippen molar-refractivity contribution in [2.24, 2.45) is 0 Å². The molecule has 1 aliphatic rings. The summed E-state index contributed by atoms with van der Waals surface area (Å²) < 4.78 is 10.6. The van der Waals surface area contributed by atoms with E-state index in [0.29, 0.717) is 18.5 Å². The molecule has 0 aromatic carbocycles. The molecule has 1 aromatic heterocycles. The molecule has 1 saturated heterocycles. The van der Waals surface area contributed by atoms with Gasteiger partial charge in [0.2, 0.25) is 0 Å². The average Bonchev–Trinajstić information content (AvgIpc) is 2.46. The molecule has 0 amide bonds. The van der Waals surface area contributed by atoms with Gasteiger partial charge in [0.25, 0.3) is 0 Å². The van der Waals surface area contributed by atoms with Crippen LogP contribution in [0.5, 0.6) is 0 Å². The van der Waals surface area contributed by atoms with E-state index in [1.165, 1.54) is 0 Å². The molecule has 0 bridgehead atoms. The molecule has 2 heterocycles. The lowest BCUT2D eigenvalue weighted by atomic mass is 10.1. The minimum absolute atomic E-state index is 0.327. The molecule has 2 rings (SSSR count). The molecule has 6 nitrogen and oxygen atoms in total. The van der Waals surface area contributed by atoms with Gasteiger partial charge < -0.3 is 20.1 Å². The maximum Gasteiger partial charge on any atom is 0.158 e. The molecule has 6 heteroatoms. The number of aromatic nitrogens is 2. The van der Waals surface area contributed by atoms with Crippen molar-refractivity contribution in [2.45, 2.75) is 38.8 Å². The summed E-state index contributed by atoms with van der Waals surface area (Å²) in [5, 5.41) is 6.72. The van der Waals surface area contributed by atoms with Gasteiger partial charge in [0.1, 0.15) is 18.2 Å². The van der Waals surface area contributed by atoms with Crippen LogP contribution in [0, 0.1) is 0 Å². The van der Waals surface area contributed by atoms with E-state index in [1.807, 2.05) is 6.07 Å². The van der Waals surface area contributed by atoms with Gasteiger partial charge in [0.15, 0.2) is 5.82 Å². The highest BCUT2D eigenvalue weighted by molar-refractivity contribution is 5.48. The molecule has 2 N–H and O–H groups in total. The summed E-state index contributed by atoms with van der Waals surface area (Å²) in [5.41, 5.74) is 0. The van der Waals surface area contributed by atoms with Crippen LogP contribution in [0.25, 0.3) is 0 Å². The number of nitrogens with one attached hydrogen (secondary N) is 2. The summed E-state index contributed by atoms with van der Waals surface area (Å²) in [6, 6.07) is 2.27. The zero-order valence-corrected chi connectivity index (χ0v) is 12.3. The van der Waals surface area contributed by atoms with Crippen LogP contribution in [0.3, 0.4) is 0 Å². The number of hydrogen-bond donors (Lipinski definition) is 2. The number of nitrogens with zero attached hydrogens (tertiary/aromatic N) is 2. The molecule has 1 aliphatic heterocycles. The van der Waals surface area contributed by atoms with E-state index in [-0.39, 0.29) is 0 Å². The first-order valence-corrected chi connectivity index (χ1v) is 7.27. The zero-order valence-electron chi connectivity index (χ0n) is 12.3. The van der Waals surface area contributed by atoms with Crippen LogP contribution in [0.2, 0.25) is 0 Å². The Hall–Kier alpha value is -1.40. The van der Waals surface area contributed by atoms with Crippen molar-refractivity contribution in [3.8, 4) is 0 Å². The van der Waals surface area contributed by atoms with Crippen LogP contribution in [-0.4, -0.2) is 42.9 Å². The maximum absolute atomic E-state index is 5.48. The van der Waals surface area contributed by atoms with E-state index in [2.05, 4.69) is 27.5 Å².